The summed E-state index contributed by atoms with van der Waals surface area (Å²) in [5.41, 5.74) is 0. The fourth-order valence-corrected chi connectivity index (χ4v) is 1.93. The van der Waals surface area contributed by atoms with Crippen molar-refractivity contribution in [1.29, 1.82) is 0 Å². The van der Waals surface area contributed by atoms with Gasteiger partial charge in [-0.1, -0.05) is 6.92 Å². The van der Waals surface area contributed by atoms with Gasteiger partial charge in [-0.25, -0.2) is 4.79 Å². The molecule has 4 nitrogen and oxygen atoms in total. The molecule has 74 valence electrons. The maximum atomic E-state index is 10.8. The standard InChI is InChI=1S/C9H15NO3/c1-7(4-6-11)8-3-2-5-10(8)9(12)13/h6-8H,2-5H2,1H3,(H,12,13). The highest BCUT2D eigenvalue weighted by atomic mass is 16.4. The summed E-state index contributed by atoms with van der Waals surface area (Å²) in [5.74, 6) is 0.149. The molecule has 1 N–H and O–H groups in total. The maximum absolute atomic E-state index is 10.8. The molecule has 0 bridgehead atoms. The quantitative estimate of drug-likeness (QED) is 0.675. The highest BCUT2D eigenvalue weighted by molar-refractivity contribution is 5.66. The second-order valence-electron chi connectivity index (χ2n) is 3.57. The SMILES string of the molecule is CC(CC=O)C1CCCN1C(=O)O. The van der Waals surface area contributed by atoms with Gasteiger partial charge >= 0.3 is 6.09 Å². The van der Waals surface area contributed by atoms with Crippen LogP contribution >= 0.6 is 0 Å². The average molecular weight is 185 g/mol. The molecule has 0 aromatic heterocycles. The van der Waals surface area contributed by atoms with E-state index in [0.29, 0.717) is 13.0 Å². The molecule has 0 aromatic carbocycles. The van der Waals surface area contributed by atoms with Crippen molar-refractivity contribution in [2.45, 2.75) is 32.2 Å². The number of nitrogens with zero attached hydrogens (tertiary/aromatic N) is 1. The number of carbonyl (C=O) groups excluding carboxylic acids is 1. The Hall–Kier alpha value is -1.06. The number of rotatable bonds is 3. The number of amides is 1. The van der Waals surface area contributed by atoms with Crippen LogP contribution in [0.2, 0.25) is 0 Å². The summed E-state index contributed by atoms with van der Waals surface area (Å²) in [5, 5.41) is 8.84. The Bertz CT molecular complexity index is 205. The van der Waals surface area contributed by atoms with Crippen LogP contribution in [-0.2, 0) is 4.79 Å². The Morgan fingerprint density at radius 2 is 2.46 bits per heavy atom. The molecular formula is C9H15NO3. The Kier molecular flexibility index (Phi) is 3.28. The van der Waals surface area contributed by atoms with Crippen molar-refractivity contribution in [2.75, 3.05) is 6.54 Å². The predicted octanol–water partition coefficient (Wildman–Crippen LogP) is 1.35. The van der Waals surface area contributed by atoms with E-state index in [-0.39, 0.29) is 12.0 Å². The number of hydrogen-bond donors (Lipinski definition) is 1. The van der Waals surface area contributed by atoms with Gasteiger partial charge in [0, 0.05) is 19.0 Å². The highest BCUT2D eigenvalue weighted by Crippen LogP contribution is 2.25. The van der Waals surface area contributed by atoms with Crippen LogP contribution in [0.15, 0.2) is 0 Å². The zero-order valence-corrected chi connectivity index (χ0v) is 7.77. The molecule has 1 heterocycles. The molecule has 1 amide bonds. The van der Waals surface area contributed by atoms with Crippen molar-refractivity contribution >= 4 is 12.4 Å². The first-order valence-corrected chi connectivity index (χ1v) is 4.60. The average Bonchev–Trinajstić information content (AvgIpc) is 2.52. The van der Waals surface area contributed by atoms with Crippen LogP contribution in [0.1, 0.15) is 26.2 Å². The van der Waals surface area contributed by atoms with Crippen molar-refractivity contribution in [1.82, 2.24) is 4.90 Å². The lowest BCUT2D eigenvalue weighted by atomic mass is 9.97. The molecule has 0 saturated carbocycles. The third kappa shape index (κ3) is 2.20. The first-order valence-electron chi connectivity index (χ1n) is 4.60. The molecule has 0 aliphatic carbocycles. The van der Waals surface area contributed by atoms with E-state index in [1.165, 1.54) is 4.90 Å². The highest BCUT2D eigenvalue weighted by Gasteiger charge is 2.31. The van der Waals surface area contributed by atoms with E-state index in [0.717, 1.165) is 19.1 Å². The van der Waals surface area contributed by atoms with E-state index in [1.54, 1.807) is 0 Å². The Morgan fingerprint density at radius 1 is 1.77 bits per heavy atom. The van der Waals surface area contributed by atoms with Crippen molar-refractivity contribution in [3.63, 3.8) is 0 Å². The lowest BCUT2D eigenvalue weighted by molar-refractivity contribution is -0.108. The molecule has 1 aliphatic rings. The molecule has 0 aromatic rings. The third-order valence-electron chi connectivity index (χ3n) is 2.67. The third-order valence-corrected chi connectivity index (χ3v) is 2.67. The monoisotopic (exact) mass is 185 g/mol. The van der Waals surface area contributed by atoms with Crippen LogP contribution in [0.3, 0.4) is 0 Å². The summed E-state index contributed by atoms with van der Waals surface area (Å²) in [4.78, 5) is 22.5. The second-order valence-corrected chi connectivity index (χ2v) is 3.57. The zero-order valence-electron chi connectivity index (χ0n) is 7.77. The summed E-state index contributed by atoms with van der Waals surface area (Å²) in [6, 6.07) is 0.0442. The van der Waals surface area contributed by atoms with Crippen LogP contribution < -0.4 is 0 Å². The van der Waals surface area contributed by atoms with Gasteiger partial charge in [-0.05, 0) is 18.8 Å². The van der Waals surface area contributed by atoms with Crippen molar-refractivity contribution in [3.05, 3.63) is 0 Å². The van der Waals surface area contributed by atoms with E-state index < -0.39 is 6.09 Å². The molecule has 4 heteroatoms. The second kappa shape index (κ2) is 4.25. The molecule has 13 heavy (non-hydrogen) atoms. The number of aldehydes is 1. The molecule has 0 spiro atoms. The molecule has 1 saturated heterocycles. The first kappa shape index (κ1) is 10.0. The maximum Gasteiger partial charge on any atom is 0.407 e. The Labute approximate surface area is 77.5 Å². The molecule has 1 rings (SSSR count). The van der Waals surface area contributed by atoms with Crippen LogP contribution in [0.4, 0.5) is 4.79 Å². The minimum atomic E-state index is -0.861. The number of hydrogen-bond acceptors (Lipinski definition) is 2. The van der Waals surface area contributed by atoms with E-state index in [2.05, 4.69) is 0 Å². The lowest BCUT2D eigenvalue weighted by Gasteiger charge is -2.25. The van der Waals surface area contributed by atoms with E-state index in [9.17, 15) is 9.59 Å². The van der Waals surface area contributed by atoms with E-state index in [1.807, 2.05) is 6.92 Å². The minimum Gasteiger partial charge on any atom is -0.465 e. The summed E-state index contributed by atoms with van der Waals surface area (Å²) >= 11 is 0. The molecule has 1 fully saturated rings. The topological polar surface area (TPSA) is 57.6 Å². The summed E-state index contributed by atoms with van der Waals surface area (Å²) < 4.78 is 0. The first-order chi connectivity index (χ1) is 6.16. The number of carbonyl (C=O) groups is 2. The van der Waals surface area contributed by atoms with Gasteiger partial charge in [0.05, 0.1) is 0 Å². The zero-order chi connectivity index (χ0) is 9.84. The minimum absolute atomic E-state index is 0.0442. The van der Waals surface area contributed by atoms with E-state index >= 15 is 0 Å². The van der Waals surface area contributed by atoms with Crippen molar-refractivity contribution < 1.29 is 14.7 Å². The lowest BCUT2D eigenvalue weighted by Crippen LogP contribution is -2.38. The summed E-state index contributed by atoms with van der Waals surface area (Å²) in [7, 11) is 0. The van der Waals surface area contributed by atoms with Gasteiger partial charge in [-0.2, -0.15) is 0 Å². The molecule has 2 atom stereocenters. The Morgan fingerprint density at radius 3 is 3.00 bits per heavy atom. The molecule has 0 radical (unpaired) electrons. The molecule has 1 aliphatic heterocycles. The number of carboxylic acid groups (broad SMARTS) is 1. The number of likely N-dealkylation sites (tertiary alicyclic amines) is 1. The largest absolute Gasteiger partial charge is 0.465 e. The smallest absolute Gasteiger partial charge is 0.407 e. The van der Waals surface area contributed by atoms with Gasteiger partial charge in [-0.3, -0.25) is 0 Å². The van der Waals surface area contributed by atoms with Gasteiger partial charge in [0.15, 0.2) is 0 Å². The van der Waals surface area contributed by atoms with Gasteiger partial charge in [0.1, 0.15) is 6.29 Å². The van der Waals surface area contributed by atoms with Gasteiger partial charge in [0.25, 0.3) is 0 Å². The van der Waals surface area contributed by atoms with Crippen LogP contribution in [0.5, 0.6) is 0 Å². The van der Waals surface area contributed by atoms with Crippen LogP contribution in [0.25, 0.3) is 0 Å². The van der Waals surface area contributed by atoms with Crippen molar-refractivity contribution in [3.8, 4) is 0 Å². The predicted molar refractivity (Wildman–Crippen MR) is 47.6 cm³/mol. The fourth-order valence-electron chi connectivity index (χ4n) is 1.93. The van der Waals surface area contributed by atoms with Gasteiger partial charge in [0.2, 0.25) is 0 Å². The van der Waals surface area contributed by atoms with Gasteiger partial charge in [-0.15, -0.1) is 0 Å². The van der Waals surface area contributed by atoms with E-state index in [4.69, 9.17) is 5.11 Å². The molecular weight excluding hydrogens is 170 g/mol. The van der Waals surface area contributed by atoms with Crippen LogP contribution in [-0.4, -0.2) is 35.0 Å². The molecule has 2 unspecified atom stereocenters. The van der Waals surface area contributed by atoms with Crippen LogP contribution in [0, 0.1) is 5.92 Å². The van der Waals surface area contributed by atoms with Crippen molar-refractivity contribution in [2.24, 2.45) is 5.92 Å². The van der Waals surface area contributed by atoms with Gasteiger partial charge < -0.3 is 14.8 Å². The fraction of sp³-hybridized carbons (Fsp3) is 0.778. The normalized spacial score (nSPS) is 24.4. The summed E-state index contributed by atoms with van der Waals surface area (Å²) in [6.07, 6.45) is 2.26. The Balaban J connectivity index is 2.56. The summed E-state index contributed by atoms with van der Waals surface area (Å²) in [6.45, 7) is 2.55.